The van der Waals surface area contributed by atoms with E-state index in [2.05, 4.69) is 6.92 Å². The van der Waals surface area contributed by atoms with Crippen LogP contribution in [0.4, 0.5) is 0 Å². The summed E-state index contributed by atoms with van der Waals surface area (Å²) < 4.78 is 6.05. The van der Waals surface area contributed by atoms with E-state index in [4.69, 9.17) is 4.74 Å². The van der Waals surface area contributed by atoms with Crippen LogP contribution in [0.2, 0.25) is 0 Å². The Labute approximate surface area is 181 Å². The molecule has 0 aliphatic carbocycles. The number of ether oxygens (including phenoxy) is 1. The molecule has 2 N–H and O–H groups in total. The molecule has 0 fully saturated rings. The maximum Gasteiger partial charge on any atom is 0.311 e. The first-order chi connectivity index (χ1) is 14.2. The van der Waals surface area contributed by atoms with Gasteiger partial charge in [-0.25, -0.2) is 0 Å². The Morgan fingerprint density at radius 2 is 1.43 bits per heavy atom. The summed E-state index contributed by atoms with van der Waals surface area (Å²) >= 11 is 0. The molecule has 0 saturated carbocycles. The lowest BCUT2D eigenvalue weighted by Crippen LogP contribution is -2.22. The zero-order chi connectivity index (χ0) is 22.7. The van der Waals surface area contributed by atoms with Crippen LogP contribution in [0.5, 0.6) is 5.75 Å². The van der Waals surface area contributed by atoms with Crippen molar-refractivity contribution >= 4 is 11.9 Å². The van der Waals surface area contributed by atoms with Gasteiger partial charge in [0.2, 0.25) is 0 Å². The minimum absolute atomic E-state index is 0.162. The number of rotatable bonds is 15. The second kappa shape index (κ2) is 13.3. The lowest BCUT2D eigenvalue weighted by atomic mass is 9.80. The number of benzene rings is 1. The predicted molar refractivity (Wildman–Crippen MR) is 120 cm³/mol. The molecule has 0 saturated heterocycles. The van der Waals surface area contributed by atoms with Crippen LogP contribution in [0.1, 0.15) is 103 Å². The summed E-state index contributed by atoms with van der Waals surface area (Å²) in [5.74, 6) is -2.53. The van der Waals surface area contributed by atoms with Gasteiger partial charge in [0.15, 0.2) is 0 Å². The molecule has 0 aromatic heterocycles. The monoisotopic (exact) mass is 420 g/mol. The van der Waals surface area contributed by atoms with Crippen molar-refractivity contribution in [1.29, 1.82) is 0 Å². The molecule has 0 heterocycles. The van der Waals surface area contributed by atoms with Crippen LogP contribution in [-0.4, -0.2) is 28.8 Å². The molecule has 30 heavy (non-hydrogen) atoms. The van der Waals surface area contributed by atoms with E-state index >= 15 is 0 Å². The van der Waals surface area contributed by atoms with Crippen molar-refractivity contribution in [3.8, 4) is 5.75 Å². The molecule has 0 bridgehead atoms. The number of hydrogen-bond donors (Lipinski definition) is 2. The molecule has 0 aliphatic heterocycles. The average Bonchev–Trinajstić information content (AvgIpc) is 2.66. The number of hydrogen-bond acceptors (Lipinski definition) is 3. The van der Waals surface area contributed by atoms with Gasteiger partial charge in [0.05, 0.1) is 18.4 Å². The summed E-state index contributed by atoms with van der Waals surface area (Å²) in [6, 6.07) is 5.34. The van der Waals surface area contributed by atoms with Crippen LogP contribution in [0.25, 0.3) is 0 Å². The first kappa shape index (κ1) is 26.0. The summed E-state index contributed by atoms with van der Waals surface area (Å²) in [7, 11) is 0. The van der Waals surface area contributed by atoms with E-state index < -0.39 is 23.8 Å². The van der Waals surface area contributed by atoms with E-state index in [1.54, 1.807) is 18.2 Å². The Morgan fingerprint density at radius 3 is 1.97 bits per heavy atom. The van der Waals surface area contributed by atoms with Gasteiger partial charge in [0, 0.05) is 5.56 Å². The second-order valence-electron chi connectivity index (χ2n) is 9.06. The Kier molecular flexibility index (Phi) is 11.5. The molecule has 0 amide bonds. The SMILES string of the molecule is CCCCCCCOc1cccc(C(CC(C)C)C(=O)O)c1C(CC(C)C)C(=O)O. The van der Waals surface area contributed by atoms with Crippen molar-refractivity contribution in [3.63, 3.8) is 0 Å². The zero-order valence-electron chi connectivity index (χ0n) is 19.3. The van der Waals surface area contributed by atoms with E-state index in [1.807, 2.05) is 27.7 Å². The molecule has 2 atom stereocenters. The molecular formula is C25H40O5. The smallest absolute Gasteiger partial charge is 0.311 e. The van der Waals surface area contributed by atoms with E-state index in [-0.39, 0.29) is 11.8 Å². The molecular weight excluding hydrogens is 380 g/mol. The summed E-state index contributed by atoms with van der Waals surface area (Å²) in [6.45, 7) is 10.6. The number of carbonyl (C=O) groups is 2. The molecule has 0 radical (unpaired) electrons. The Morgan fingerprint density at radius 1 is 0.867 bits per heavy atom. The van der Waals surface area contributed by atoms with Gasteiger partial charge in [-0.1, -0.05) is 72.4 Å². The molecule has 1 rings (SSSR count). The van der Waals surface area contributed by atoms with Crippen molar-refractivity contribution < 1.29 is 24.5 Å². The van der Waals surface area contributed by atoms with E-state index in [9.17, 15) is 19.8 Å². The highest BCUT2D eigenvalue weighted by atomic mass is 16.5. The molecule has 0 aliphatic rings. The highest BCUT2D eigenvalue weighted by Crippen LogP contribution is 2.39. The molecule has 0 spiro atoms. The molecule has 1 aromatic carbocycles. The summed E-state index contributed by atoms with van der Waals surface area (Å²) in [6.07, 6.45) is 6.40. The van der Waals surface area contributed by atoms with Gasteiger partial charge < -0.3 is 14.9 Å². The number of carboxylic acid groups (broad SMARTS) is 2. The topological polar surface area (TPSA) is 83.8 Å². The third-order valence-electron chi connectivity index (χ3n) is 5.34. The number of unbranched alkanes of at least 4 members (excludes halogenated alkanes) is 4. The number of carboxylic acids is 2. The Balaban J connectivity index is 3.32. The first-order valence-electron chi connectivity index (χ1n) is 11.4. The van der Waals surface area contributed by atoms with Crippen LogP contribution >= 0.6 is 0 Å². The van der Waals surface area contributed by atoms with Crippen LogP contribution < -0.4 is 4.74 Å². The normalized spacial score (nSPS) is 13.4. The molecule has 170 valence electrons. The molecule has 5 nitrogen and oxygen atoms in total. The Hall–Kier alpha value is -2.04. The third kappa shape index (κ3) is 8.37. The van der Waals surface area contributed by atoms with Gasteiger partial charge in [-0.15, -0.1) is 0 Å². The maximum atomic E-state index is 12.2. The standard InChI is InChI=1S/C25H40O5/c1-6-7-8-9-10-14-30-22-13-11-12-19(20(24(26)27)15-17(2)3)23(22)21(25(28)29)16-18(4)5/h11-13,17-18,20-21H,6-10,14-16H2,1-5H3,(H,26,27)(H,28,29). The number of aliphatic carboxylic acids is 2. The van der Waals surface area contributed by atoms with Crippen molar-refractivity contribution in [2.75, 3.05) is 6.61 Å². The fraction of sp³-hybridized carbons (Fsp3) is 0.680. The summed E-state index contributed by atoms with van der Waals surface area (Å²) in [5.41, 5.74) is 1.12. The third-order valence-corrected chi connectivity index (χ3v) is 5.34. The van der Waals surface area contributed by atoms with Gasteiger partial charge >= 0.3 is 11.9 Å². The van der Waals surface area contributed by atoms with Gasteiger partial charge in [-0.2, -0.15) is 0 Å². The minimum atomic E-state index is -0.933. The fourth-order valence-corrected chi connectivity index (χ4v) is 3.90. The largest absolute Gasteiger partial charge is 0.493 e. The highest BCUT2D eigenvalue weighted by molar-refractivity contribution is 5.82. The van der Waals surface area contributed by atoms with E-state index in [1.165, 1.54) is 12.8 Å². The van der Waals surface area contributed by atoms with Crippen molar-refractivity contribution in [2.24, 2.45) is 11.8 Å². The van der Waals surface area contributed by atoms with Crippen LogP contribution in [0.15, 0.2) is 18.2 Å². The average molecular weight is 421 g/mol. The van der Waals surface area contributed by atoms with Gasteiger partial charge in [-0.3, -0.25) is 9.59 Å². The maximum absolute atomic E-state index is 12.2. The van der Waals surface area contributed by atoms with Crippen molar-refractivity contribution in [2.45, 2.75) is 91.4 Å². The second-order valence-corrected chi connectivity index (χ2v) is 9.06. The molecule has 1 aromatic rings. The van der Waals surface area contributed by atoms with Crippen LogP contribution in [0, 0.1) is 11.8 Å². The van der Waals surface area contributed by atoms with E-state index in [0.29, 0.717) is 36.3 Å². The lowest BCUT2D eigenvalue weighted by molar-refractivity contribution is -0.140. The van der Waals surface area contributed by atoms with Gasteiger partial charge in [-0.05, 0) is 42.7 Å². The van der Waals surface area contributed by atoms with Crippen molar-refractivity contribution in [3.05, 3.63) is 29.3 Å². The quantitative estimate of drug-likeness (QED) is 0.318. The van der Waals surface area contributed by atoms with Gasteiger partial charge in [0.25, 0.3) is 0 Å². The lowest BCUT2D eigenvalue weighted by Gasteiger charge is -2.25. The highest BCUT2D eigenvalue weighted by Gasteiger charge is 2.32. The van der Waals surface area contributed by atoms with Crippen LogP contribution in [-0.2, 0) is 9.59 Å². The summed E-state index contributed by atoms with van der Waals surface area (Å²) in [5, 5.41) is 19.9. The molecule has 2 unspecified atom stereocenters. The van der Waals surface area contributed by atoms with Gasteiger partial charge in [0.1, 0.15) is 5.75 Å². The first-order valence-corrected chi connectivity index (χ1v) is 11.4. The fourth-order valence-electron chi connectivity index (χ4n) is 3.90. The zero-order valence-corrected chi connectivity index (χ0v) is 19.3. The van der Waals surface area contributed by atoms with Crippen molar-refractivity contribution in [1.82, 2.24) is 0 Å². The predicted octanol–water partition coefficient (Wildman–Crippen LogP) is 6.46. The van der Waals surface area contributed by atoms with Crippen LogP contribution in [0.3, 0.4) is 0 Å². The Bertz CT molecular complexity index is 666. The van der Waals surface area contributed by atoms with E-state index in [0.717, 1.165) is 19.3 Å². The molecule has 5 heteroatoms. The minimum Gasteiger partial charge on any atom is -0.493 e. The summed E-state index contributed by atoms with van der Waals surface area (Å²) in [4.78, 5) is 24.3.